The van der Waals surface area contributed by atoms with Crippen molar-refractivity contribution >= 4 is 57.6 Å². The quantitative estimate of drug-likeness (QED) is 0.261. The van der Waals surface area contributed by atoms with Crippen molar-refractivity contribution < 1.29 is 4.92 Å². The van der Waals surface area contributed by atoms with Gasteiger partial charge in [-0.05, 0) is 36.9 Å². The summed E-state index contributed by atoms with van der Waals surface area (Å²) in [7, 11) is 0. The third-order valence-corrected chi connectivity index (χ3v) is 3.54. The number of halogens is 1. The van der Waals surface area contributed by atoms with Crippen molar-refractivity contribution in [2.24, 2.45) is 0 Å². The van der Waals surface area contributed by atoms with Crippen LogP contribution in [0, 0.1) is 10.1 Å². The summed E-state index contributed by atoms with van der Waals surface area (Å²) >= 11 is 16.1. The Bertz CT molecular complexity index is 585. The lowest BCUT2D eigenvalue weighted by molar-refractivity contribution is -0.384. The van der Waals surface area contributed by atoms with E-state index in [9.17, 15) is 10.1 Å². The molecule has 1 aromatic carbocycles. The first-order valence-electron chi connectivity index (χ1n) is 6.98. The van der Waals surface area contributed by atoms with Crippen LogP contribution in [0.25, 0.3) is 0 Å². The van der Waals surface area contributed by atoms with Gasteiger partial charge in [-0.2, -0.15) is 0 Å². The van der Waals surface area contributed by atoms with Crippen molar-refractivity contribution in [3.8, 4) is 0 Å². The number of rotatable bonds is 6. The summed E-state index contributed by atoms with van der Waals surface area (Å²) in [5.41, 5.74) is 5.66. The molecule has 126 valence electrons. The van der Waals surface area contributed by atoms with Crippen LogP contribution in [0.5, 0.6) is 0 Å². The lowest BCUT2D eigenvalue weighted by Gasteiger charge is -2.14. The Morgan fingerprint density at radius 1 is 1.26 bits per heavy atom. The summed E-state index contributed by atoms with van der Waals surface area (Å²) in [6.07, 6.45) is 3.30. The van der Waals surface area contributed by atoms with Gasteiger partial charge in [0.15, 0.2) is 10.2 Å². The van der Waals surface area contributed by atoms with E-state index >= 15 is 0 Å². The van der Waals surface area contributed by atoms with E-state index in [4.69, 9.17) is 36.0 Å². The summed E-state index contributed by atoms with van der Waals surface area (Å²) in [6, 6.07) is 4.05. The van der Waals surface area contributed by atoms with Gasteiger partial charge in [-0.15, -0.1) is 0 Å². The SMILES string of the molecule is CCCCCNC(=S)NNC(=S)Nc1cc([N+](=O)[O-])ccc1Cl. The average Bonchev–Trinajstić information content (AvgIpc) is 2.51. The monoisotopic (exact) mass is 375 g/mol. The van der Waals surface area contributed by atoms with E-state index < -0.39 is 4.92 Å². The van der Waals surface area contributed by atoms with Gasteiger partial charge in [0.2, 0.25) is 0 Å². The first-order valence-corrected chi connectivity index (χ1v) is 8.18. The second-order valence-electron chi connectivity index (χ2n) is 4.59. The zero-order chi connectivity index (χ0) is 17.2. The minimum atomic E-state index is -0.508. The summed E-state index contributed by atoms with van der Waals surface area (Å²) in [6.45, 7) is 2.90. The molecule has 0 radical (unpaired) electrons. The van der Waals surface area contributed by atoms with Crippen molar-refractivity contribution in [3.05, 3.63) is 33.3 Å². The maximum absolute atomic E-state index is 10.8. The smallest absolute Gasteiger partial charge is 0.271 e. The van der Waals surface area contributed by atoms with Crippen LogP contribution < -0.4 is 21.5 Å². The Hall–Kier alpha value is -1.71. The van der Waals surface area contributed by atoms with E-state index in [2.05, 4.69) is 28.4 Å². The van der Waals surface area contributed by atoms with Gasteiger partial charge in [-0.3, -0.25) is 21.0 Å². The third-order valence-electron chi connectivity index (χ3n) is 2.76. The molecular formula is C13H18ClN5O2S2. The summed E-state index contributed by atoms with van der Waals surface area (Å²) in [4.78, 5) is 10.3. The van der Waals surface area contributed by atoms with Gasteiger partial charge in [-0.25, -0.2) is 0 Å². The van der Waals surface area contributed by atoms with Crippen LogP contribution >= 0.6 is 36.0 Å². The van der Waals surface area contributed by atoms with Crippen LogP contribution in [-0.4, -0.2) is 21.7 Å². The molecule has 4 N–H and O–H groups in total. The largest absolute Gasteiger partial charge is 0.361 e. The summed E-state index contributed by atoms with van der Waals surface area (Å²) in [5.74, 6) is 0. The van der Waals surface area contributed by atoms with Gasteiger partial charge < -0.3 is 10.6 Å². The molecule has 0 amide bonds. The number of hydrogen-bond donors (Lipinski definition) is 4. The molecule has 0 unspecified atom stereocenters. The molecule has 0 heterocycles. The molecule has 0 aromatic heterocycles. The molecule has 0 aliphatic rings. The zero-order valence-electron chi connectivity index (χ0n) is 12.5. The molecule has 10 heteroatoms. The lowest BCUT2D eigenvalue weighted by Crippen LogP contribution is -2.48. The minimum Gasteiger partial charge on any atom is -0.361 e. The van der Waals surface area contributed by atoms with Gasteiger partial charge >= 0.3 is 0 Å². The number of anilines is 1. The highest BCUT2D eigenvalue weighted by Crippen LogP contribution is 2.26. The van der Waals surface area contributed by atoms with E-state index in [1.807, 2.05) is 0 Å². The van der Waals surface area contributed by atoms with E-state index in [1.54, 1.807) is 0 Å². The number of nitro benzene ring substituents is 1. The van der Waals surface area contributed by atoms with Crippen LogP contribution in [0.15, 0.2) is 18.2 Å². The molecule has 0 saturated heterocycles. The highest BCUT2D eigenvalue weighted by molar-refractivity contribution is 7.80. The number of thiocarbonyl (C=S) groups is 2. The Kier molecular flexibility index (Phi) is 8.52. The molecule has 1 aromatic rings. The van der Waals surface area contributed by atoms with E-state index in [1.165, 1.54) is 18.2 Å². The molecule has 0 fully saturated rings. The number of hydrazine groups is 1. The van der Waals surface area contributed by atoms with E-state index in [-0.39, 0.29) is 10.8 Å². The van der Waals surface area contributed by atoms with Crippen molar-refractivity contribution in [1.29, 1.82) is 0 Å². The molecule has 0 aliphatic carbocycles. The molecule has 0 atom stereocenters. The van der Waals surface area contributed by atoms with E-state index in [0.717, 1.165) is 25.8 Å². The second kappa shape index (κ2) is 10.1. The molecule has 23 heavy (non-hydrogen) atoms. The molecule has 7 nitrogen and oxygen atoms in total. The summed E-state index contributed by atoms with van der Waals surface area (Å²) < 4.78 is 0. The third kappa shape index (κ3) is 7.40. The molecule has 1 rings (SSSR count). The van der Waals surface area contributed by atoms with Crippen molar-refractivity contribution in [1.82, 2.24) is 16.2 Å². The number of nitrogens with one attached hydrogen (secondary N) is 4. The second-order valence-corrected chi connectivity index (χ2v) is 5.81. The molecule has 0 spiro atoms. The maximum atomic E-state index is 10.8. The van der Waals surface area contributed by atoms with Crippen molar-refractivity contribution in [3.63, 3.8) is 0 Å². The van der Waals surface area contributed by atoms with Crippen molar-refractivity contribution in [2.45, 2.75) is 26.2 Å². The van der Waals surface area contributed by atoms with Crippen LogP contribution in [0.4, 0.5) is 11.4 Å². The highest BCUT2D eigenvalue weighted by atomic mass is 35.5. The molecule has 0 bridgehead atoms. The fourth-order valence-electron chi connectivity index (χ4n) is 1.61. The van der Waals surface area contributed by atoms with Gasteiger partial charge in [0.05, 0.1) is 15.6 Å². The predicted octanol–water partition coefficient (Wildman–Crippen LogP) is 3.10. The van der Waals surface area contributed by atoms with Crippen molar-refractivity contribution in [2.75, 3.05) is 11.9 Å². The predicted molar refractivity (Wildman–Crippen MR) is 101 cm³/mol. The Morgan fingerprint density at radius 2 is 1.96 bits per heavy atom. The van der Waals surface area contributed by atoms with Gasteiger partial charge in [-0.1, -0.05) is 31.4 Å². The van der Waals surface area contributed by atoms with E-state index in [0.29, 0.717) is 15.8 Å². The summed E-state index contributed by atoms with van der Waals surface area (Å²) in [5, 5.41) is 17.5. The van der Waals surface area contributed by atoms with Crippen LogP contribution in [0.2, 0.25) is 5.02 Å². The van der Waals surface area contributed by atoms with Gasteiger partial charge in [0.25, 0.3) is 5.69 Å². The van der Waals surface area contributed by atoms with Crippen LogP contribution in [0.3, 0.4) is 0 Å². The Balaban J connectivity index is 2.43. The van der Waals surface area contributed by atoms with Crippen LogP contribution in [-0.2, 0) is 0 Å². The number of nitrogens with zero attached hydrogens (tertiary/aromatic N) is 1. The van der Waals surface area contributed by atoms with Gasteiger partial charge in [0.1, 0.15) is 0 Å². The number of hydrogen-bond acceptors (Lipinski definition) is 4. The molecule has 0 saturated carbocycles. The highest BCUT2D eigenvalue weighted by Gasteiger charge is 2.10. The fourth-order valence-corrected chi connectivity index (χ4v) is 2.09. The zero-order valence-corrected chi connectivity index (χ0v) is 14.9. The number of unbranched alkanes of at least 4 members (excludes halogenated alkanes) is 2. The molecule has 0 aliphatic heterocycles. The number of non-ortho nitro benzene ring substituents is 1. The maximum Gasteiger partial charge on any atom is 0.271 e. The Morgan fingerprint density at radius 3 is 2.61 bits per heavy atom. The molecular weight excluding hydrogens is 358 g/mol. The standard InChI is InChI=1S/C13H18ClN5O2S2/c1-2-3-4-7-15-12(22)17-18-13(23)16-11-8-9(19(20)21)5-6-10(11)14/h5-6,8H,2-4,7H2,1H3,(H2,15,17,22)(H2,16,18,23). The minimum absolute atomic E-state index is 0.0826. The topological polar surface area (TPSA) is 91.3 Å². The first kappa shape index (κ1) is 19.3. The number of benzene rings is 1. The van der Waals surface area contributed by atoms with Crippen LogP contribution in [0.1, 0.15) is 26.2 Å². The first-order chi connectivity index (χ1) is 10.9. The number of nitro groups is 1. The van der Waals surface area contributed by atoms with Gasteiger partial charge in [0, 0.05) is 18.7 Å². The Labute approximate surface area is 150 Å². The normalized spacial score (nSPS) is 9.83. The average molecular weight is 376 g/mol. The fraction of sp³-hybridized carbons (Fsp3) is 0.385. The lowest BCUT2D eigenvalue weighted by atomic mass is 10.2.